The third-order valence-corrected chi connectivity index (χ3v) is 10.9. The molecule has 6 nitrogen and oxygen atoms in total. The molecule has 2 N–H and O–H groups in total. The van der Waals surface area contributed by atoms with Gasteiger partial charge in [0.1, 0.15) is 12.4 Å². The summed E-state index contributed by atoms with van der Waals surface area (Å²) in [5.41, 5.74) is 2.24. The maximum atomic E-state index is 10.8. The third-order valence-electron chi connectivity index (χ3n) is 6.36. The molecule has 1 aromatic carbocycles. The molecule has 2 heterocycles. The Bertz CT molecular complexity index is 709. The zero-order chi connectivity index (χ0) is 20.5. The van der Waals surface area contributed by atoms with Crippen LogP contribution >= 0.6 is 0 Å². The van der Waals surface area contributed by atoms with Gasteiger partial charge in [0.25, 0.3) is 0 Å². The fourth-order valence-electron chi connectivity index (χ4n) is 3.65. The molecule has 7 heteroatoms. The Morgan fingerprint density at radius 1 is 1.29 bits per heavy atom. The van der Waals surface area contributed by atoms with Crippen LogP contribution in [0.2, 0.25) is 18.1 Å². The Morgan fingerprint density at radius 3 is 2.57 bits per heavy atom. The molecule has 1 aromatic rings. The quantitative estimate of drug-likeness (QED) is 0.732. The first kappa shape index (κ1) is 21.0. The summed E-state index contributed by atoms with van der Waals surface area (Å²) in [7, 11) is -1.72. The van der Waals surface area contributed by atoms with Gasteiger partial charge in [-0.2, -0.15) is 0 Å². The number of anilines is 1. The van der Waals surface area contributed by atoms with Crippen molar-refractivity contribution < 1.29 is 19.1 Å². The lowest BCUT2D eigenvalue weighted by Crippen LogP contribution is -2.47. The molecule has 1 fully saturated rings. The Morgan fingerprint density at radius 2 is 1.96 bits per heavy atom. The number of nitrogens with one attached hydrogen (secondary N) is 1. The number of hydrogen-bond acceptors (Lipinski definition) is 4. The van der Waals surface area contributed by atoms with Gasteiger partial charge < -0.3 is 24.5 Å². The number of rotatable bonds is 4. The van der Waals surface area contributed by atoms with E-state index in [9.17, 15) is 4.79 Å². The summed E-state index contributed by atoms with van der Waals surface area (Å²) in [6, 6.07) is 6.11. The standard InChI is InChI=1S/C21H34N2O4Si/c1-21(2,3)28(4,5)27-18-8-10-23(11-9-18)17-7-6-15-12-16(22-20(24)25)14-26-19(15)13-17/h6-7,13,16,18,22H,8-12,14H2,1-5H3,(H,24,25)/t16-/m1/s1. The lowest BCUT2D eigenvalue weighted by atomic mass is 10.0. The van der Waals surface area contributed by atoms with E-state index in [-0.39, 0.29) is 11.1 Å². The highest BCUT2D eigenvalue weighted by atomic mass is 28.4. The molecule has 1 atom stereocenters. The van der Waals surface area contributed by atoms with Gasteiger partial charge >= 0.3 is 6.09 Å². The minimum atomic E-state index is -1.72. The fraction of sp³-hybridized carbons (Fsp3) is 0.667. The molecule has 0 bridgehead atoms. The second-order valence-electron chi connectivity index (χ2n) is 9.52. The molecule has 0 aliphatic carbocycles. The molecule has 0 saturated carbocycles. The highest BCUT2D eigenvalue weighted by Gasteiger charge is 2.39. The molecular weight excluding hydrogens is 372 g/mol. The first-order valence-electron chi connectivity index (χ1n) is 10.2. The van der Waals surface area contributed by atoms with Gasteiger partial charge in [-0.25, -0.2) is 4.79 Å². The summed E-state index contributed by atoms with van der Waals surface area (Å²) >= 11 is 0. The molecular formula is C21H34N2O4Si. The van der Waals surface area contributed by atoms with Gasteiger partial charge in [0, 0.05) is 30.9 Å². The molecule has 0 spiro atoms. The molecule has 3 rings (SSSR count). The van der Waals surface area contributed by atoms with Crippen LogP contribution < -0.4 is 15.0 Å². The van der Waals surface area contributed by atoms with Crippen LogP contribution in [0.5, 0.6) is 5.75 Å². The van der Waals surface area contributed by atoms with Crippen molar-refractivity contribution in [3.63, 3.8) is 0 Å². The van der Waals surface area contributed by atoms with Crippen molar-refractivity contribution in [2.45, 2.75) is 70.3 Å². The Labute approximate surface area is 169 Å². The minimum absolute atomic E-state index is 0.181. The summed E-state index contributed by atoms with van der Waals surface area (Å²) in [5, 5.41) is 11.6. The zero-order valence-electron chi connectivity index (χ0n) is 17.7. The number of amides is 1. The van der Waals surface area contributed by atoms with Crippen LogP contribution in [0.25, 0.3) is 0 Å². The summed E-state index contributed by atoms with van der Waals surface area (Å²) in [4.78, 5) is 13.2. The number of carboxylic acid groups (broad SMARTS) is 1. The number of piperidine rings is 1. The second-order valence-corrected chi connectivity index (χ2v) is 14.3. The summed E-state index contributed by atoms with van der Waals surface area (Å²) in [6.45, 7) is 13.9. The predicted molar refractivity (Wildman–Crippen MR) is 114 cm³/mol. The summed E-state index contributed by atoms with van der Waals surface area (Å²) < 4.78 is 12.4. The van der Waals surface area contributed by atoms with Gasteiger partial charge in [0.2, 0.25) is 0 Å². The van der Waals surface area contributed by atoms with Gasteiger partial charge in [0.05, 0.1) is 6.04 Å². The highest BCUT2D eigenvalue weighted by Crippen LogP contribution is 2.39. The van der Waals surface area contributed by atoms with Gasteiger partial charge in [-0.3, -0.25) is 0 Å². The average Bonchev–Trinajstić information content (AvgIpc) is 2.60. The minimum Gasteiger partial charge on any atom is -0.491 e. The van der Waals surface area contributed by atoms with Crippen molar-refractivity contribution in [2.24, 2.45) is 0 Å². The van der Waals surface area contributed by atoms with E-state index < -0.39 is 14.4 Å². The predicted octanol–water partition coefficient (Wildman–Crippen LogP) is 4.25. The number of fused-ring (bicyclic) bond motifs is 1. The Hall–Kier alpha value is -1.73. The topological polar surface area (TPSA) is 71.0 Å². The van der Waals surface area contributed by atoms with Gasteiger partial charge in [-0.1, -0.05) is 26.8 Å². The van der Waals surface area contributed by atoms with Crippen molar-refractivity contribution >= 4 is 20.1 Å². The van der Waals surface area contributed by atoms with Crippen LogP contribution in [0.4, 0.5) is 10.5 Å². The zero-order valence-corrected chi connectivity index (χ0v) is 18.7. The number of ether oxygens (including phenoxy) is 1. The maximum absolute atomic E-state index is 10.8. The van der Waals surface area contributed by atoms with E-state index in [0.29, 0.717) is 19.1 Å². The van der Waals surface area contributed by atoms with E-state index >= 15 is 0 Å². The van der Waals surface area contributed by atoms with E-state index in [4.69, 9.17) is 14.3 Å². The fourth-order valence-corrected chi connectivity index (χ4v) is 5.07. The lowest BCUT2D eigenvalue weighted by Gasteiger charge is -2.42. The first-order valence-corrected chi connectivity index (χ1v) is 13.1. The van der Waals surface area contributed by atoms with E-state index in [1.165, 1.54) is 5.69 Å². The molecule has 28 heavy (non-hydrogen) atoms. The van der Waals surface area contributed by atoms with Crippen LogP contribution in [0.15, 0.2) is 18.2 Å². The average molecular weight is 407 g/mol. The van der Waals surface area contributed by atoms with Gasteiger partial charge in [-0.15, -0.1) is 0 Å². The SMILES string of the molecule is CC(C)(C)[Si](C)(C)OC1CCN(c2ccc3c(c2)OC[C@H](NC(=O)O)C3)CC1. The van der Waals surface area contributed by atoms with E-state index in [2.05, 4.69) is 62.3 Å². The van der Waals surface area contributed by atoms with E-state index in [0.717, 1.165) is 37.2 Å². The lowest BCUT2D eigenvalue weighted by molar-refractivity contribution is 0.152. The van der Waals surface area contributed by atoms with Crippen molar-refractivity contribution in [1.29, 1.82) is 0 Å². The molecule has 0 aromatic heterocycles. The van der Waals surface area contributed by atoms with Crippen molar-refractivity contribution in [1.82, 2.24) is 5.32 Å². The first-order chi connectivity index (χ1) is 13.0. The largest absolute Gasteiger partial charge is 0.491 e. The van der Waals surface area contributed by atoms with Crippen LogP contribution in [0, 0.1) is 0 Å². The highest BCUT2D eigenvalue weighted by molar-refractivity contribution is 6.74. The van der Waals surface area contributed by atoms with Crippen LogP contribution in [0.3, 0.4) is 0 Å². The normalized spacial score (nSPS) is 21.0. The maximum Gasteiger partial charge on any atom is 0.405 e. The molecule has 1 amide bonds. The molecule has 2 aliphatic heterocycles. The molecule has 2 aliphatic rings. The monoisotopic (exact) mass is 406 g/mol. The molecule has 0 unspecified atom stereocenters. The number of carbonyl (C=O) groups is 1. The number of nitrogens with zero attached hydrogens (tertiary/aromatic N) is 1. The van der Waals surface area contributed by atoms with Crippen LogP contribution in [-0.4, -0.2) is 51.4 Å². The summed E-state index contributed by atoms with van der Waals surface area (Å²) in [6.07, 6.45) is 2.12. The van der Waals surface area contributed by atoms with E-state index in [1.807, 2.05) is 0 Å². The van der Waals surface area contributed by atoms with Crippen molar-refractivity contribution in [3.05, 3.63) is 23.8 Å². The van der Waals surface area contributed by atoms with E-state index in [1.54, 1.807) is 0 Å². The van der Waals surface area contributed by atoms with Crippen LogP contribution in [0.1, 0.15) is 39.2 Å². The smallest absolute Gasteiger partial charge is 0.405 e. The molecule has 1 saturated heterocycles. The molecule has 156 valence electrons. The van der Waals surface area contributed by atoms with Crippen molar-refractivity contribution in [3.8, 4) is 5.75 Å². The van der Waals surface area contributed by atoms with Gasteiger partial charge in [-0.05, 0) is 49.0 Å². The number of hydrogen-bond donors (Lipinski definition) is 2. The Balaban J connectivity index is 1.58. The Kier molecular flexibility index (Phi) is 5.96. The summed E-state index contributed by atoms with van der Waals surface area (Å²) in [5.74, 6) is 0.876. The number of benzene rings is 1. The third kappa shape index (κ3) is 4.81. The van der Waals surface area contributed by atoms with Gasteiger partial charge in [0.15, 0.2) is 8.32 Å². The molecule has 0 radical (unpaired) electrons. The van der Waals surface area contributed by atoms with Crippen molar-refractivity contribution in [2.75, 3.05) is 24.6 Å². The second kappa shape index (κ2) is 7.95. The van der Waals surface area contributed by atoms with Crippen LogP contribution in [-0.2, 0) is 10.8 Å².